The SMILES string of the molecule is Cc1ccc(N(Cc2ccc3c(c2)CN(C(=O)C2CCCC2)CCO3)C(=O)C(C)C)cc1. The zero-order valence-corrected chi connectivity index (χ0v) is 19.5. The summed E-state index contributed by atoms with van der Waals surface area (Å²) in [5.41, 5.74) is 4.13. The van der Waals surface area contributed by atoms with E-state index in [0.29, 0.717) is 26.2 Å². The number of ether oxygens (including phenoxy) is 1. The van der Waals surface area contributed by atoms with Gasteiger partial charge < -0.3 is 14.5 Å². The summed E-state index contributed by atoms with van der Waals surface area (Å²) in [5, 5.41) is 0. The summed E-state index contributed by atoms with van der Waals surface area (Å²) in [6, 6.07) is 14.2. The summed E-state index contributed by atoms with van der Waals surface area (Å²) in [6.45, 7) is 8.11. The lowest BCUT2D eigenvalue weighted by Crippen LogP contribution is -2.36. The number of hydrogen-bond acceptors (Lipinski definition) is 3. The van der Waals surface area contributed by atoms with E-state index in [-0.39, 0.29) is 23.7 Å². The van der Waals surface area contributed by atoms with Gasteiger partial charge in [-0.2, -0.15) is 0 Å². The monoisotopic (exact) mass is 434 g/mol. The molecule has 0 bridgehead atoms. The van der Waals surface area contributed by atoms with Crippen molar-refractivity contribution in [1.82, 2.24) is 4.90 Å². The van der Waals surface area contributed by atoms with Gasteiger partial charge in [0.25, 0.3) is 0 Å². The Morgan fingerprint density at radius 1 is 1.09 bits per heavy atom. The van der Waals surface area contributed by atoms with Crippen LogP contribution < -0.4 is 9.64 Å². The van der Waals surface area contributed by atoms with Crippen molar-refractivity contribution in [2.75, 3.05) is 18.1 Å². The van der Waals surface area contributed by atoms with Gasteiger partial charge in [0.15, 0.2) is 0 Å². The lowest BCUT2D eigenvalue weighted by Gasteiger charge is -2.26. The van der Waals surface area contributed by atoms with Crippen molar-refractivity contribution < 1.29 is 14.3 Å². The number of carbonyl (C=O) groups excluding carboxylic acids is 2. The number of anilines is 1. The summed E-state index contributed by atoms with van der Waals surface area (Å²) in [7, 11) is 0. The zero-order valence-electron chi connectivity index (χ0n) is 19.5. The van der Waals surface area contributed by atoms with Gasteiger partial charge in [-0.25, -0.2) is 0 Å². The van der Waals surface area contributed by atoms with Crippen molar-refractivity contribution in [2.24, 2.45) is 11.8 Å². The van der Waals surface area contributed by atoms with E-state index >= 15 is 0 Å². The van der Waals surface area contributed by atoms with E-state index in [1.165, 1.54) is 5.56 Å². The first-order valence-electron chi connectivity index (χ1n) is 11.8. The molecule has 5 nitrogen and oxygen atoms in total. The molecule has 0 unspecified atom stereocenters. The highest BCUT2D eigenvalue weighted by molar-refractivity contribution is 5.94. The third kappa shape index (κ3) is 4.98. The van der Waals surface area contributed by atoms with Gasteiger partial charge >= 0.3 is 0 Å². The zero-order chi connectivity index (χ0) is 22.7. The van der Waals surface area contributed by atoms with Crippen LogP contribution in [-0.4, -0.2) is 29.9 Å². The van der Waals surface area contributed by atoms with Gasteiger partial charge in [-0.05, 0) is 49.6 Å². The molecule has 1 aliphatic carbocycles. The topological polar surface area (TPSA) is 49.9 Å². The van der Waals surface area contributed by atoms with Gasteiger partial charge in [0.2, 0.25) is 11.8 Å². The van der Waals surface area contributed by atoms with Crippen molar-refractivity contribution in [3.05, 3.63) is 59.2 Å². The van der Waals surface area contributed by atoms with Crippen molar-refractivity contribution in [3.63, 3.8) is 0 Å². The largest absolute Gasteiger partial charge is 0.491 e. The van der Waals surface area contributed by atoms with Gasteiger partial charge in [-0.15, -0.1) is 0 Å². The average Bonchev–Trinajstić information content (AvgIpc) is 3.24. The number of aryl methyl sites for hydroxylation is 1. The minimum Gasteiger partial charge on any atom is -0.491 e. The molecule has 5 heteroatoms. The van der Waals surface area contributed by atoms with Gasteiger partial charge in [0.05, 0.1) is 13.1 Å². The second-order valence-electron chi connectivity index (χ2n) is 9.45. The molecule has 1 fully saturated rings. The minimum atomic E-state index is -0.0972. The van der Waals surface area contributed by atoms with Crippen LogP contribution >= 0.6 is 0 Å². The van der Waals surface area contributed by atoms with E-state index in [1.54, 1.807) is 0 Å². The van der Waals surface area contributed by atoms with E-state index in [4.69, 9.17) is 4.74 Å². The van der Waals surface area contributed by atoms with Gasteiger partial charge in [0, 0.05) is 29.6 Å². The maximum atomic E-state index is 13.0. The second-order valence-corrected chi connectivity index (χ2v) is 9.45. The fourth-order valence-electron chi connectivity index (χ4n) is 4.68. The van der Waals surface area contributed by atoms with E-state index in [1.807, 2.05) is 67.0 Å². The highest BCUT2D eigenvalue weighted by Gasteiger charge is 2.29. The van der Waals surface area contributed by atoms with E-state index in [2.05, 4.69) is 6.07 Å². The Labute approximate surface area is 191 Å². The molecule has 2 aromatic rings. The van der Waals surface area contributed by atoms with Crippen LogP contribution in [0.3, 0.4) is 0 Å². The molecule has 1 aliphatic heterocycles. The fourth-order valence-corrected chi connectivity index (χ4v) is 4.68. The number of nitrogens with zero attached hydrogens (tertiary/aromatic N) is 2. The predicted octanol–water partition coefficient (Wildman–Crippen LogP) is 5.10. The molecule has 2 amide bonds. The number of hydrogen-bond donors (Lipinski definition) is 0. The van der Waals surface area contributed by atoms with Crippen LogP contribution in [0.4, 0.5) is 5.69 Å². The Balaban J connectivity index is 1.57. The fraction of sp³-hybridized carbons (Fsp3) is 0.481. The quantitative estimate of drug-likeness (QED) is 0.658. The molecule has 1 heterocycles. The van der Waals surface area contributed by atoms with Crippen LogP contribution in [-0.2, 0) is 22.7 Å². The molecule has 1 saturated carbocycles. The molecule has 0 atom stereocenters. The van der Waals surface area contributed by atoms with Crippen molar-refractivity contribution in [1.29, 1.82) is 0 Å². The molecular weight excluding hydrogens is 400 g/mol. The number of carbonyl (C=O) groups is 2. The molecule has 2 aliphatic rings. The third-order valence-corrected chi connectivity index (χ3v) is 6.57. The Bertz CT molecular complexity index is 961. The molecule has 0 N–H and O–H groups in total. The van der Waals surface area contributed by atoms with Crippen LogP contribution in [0, 0.1) is 18.8 Å². The lowest BCUT2D eigenvalue weighted by atomic mass is 10.0. The molecule has 32 heavy (non-hydrogen) atoms. The Morgan fingerprint density at radius 2 is 1.81 bits per heavy atom. The first-order valence-corrected chi connectivity index (χ1v) is 11.8. The second kappa shape index (κ2) is 9.76. The molecule has 170 valence electrons. The molecule has 2 aromatic carbocycles. The normalized spacial score (nSPS) is 16.4. The Hall–Kier alpha value is -2.82. The van der Waals surface area contributed by atoms with Crippen molar-refractivity contribution in [2.45, 2.75) is 59.5 Å². The Kier molecular flexibility index (Phi) is 6.83. The number of amides is 2. The van der Waals surface area contributed by atoms with Crippen LogP contribution in [0.15, 0.2) is 42.5 Å². The number of benzene rings is 2. The molecule has 4 rings (SSSR count). The van der Waals surface area contributed by atoms with E-state index < -0.39 is 0 Å². The smallest absolute Gasteiger partial charge is 0.229 e. The van der Waals surface area contributed by atoms with Crippen molar-refractivity contribution in [3.8, 4) is 5.75 Å². The average molecular weight is 435 g/mol. The summed E-state index contributed by atoms with van der Waals surface area (Å²) in [5.74, 6) is 1.27. The van der Waals surface area contributed by atoms with Crippen LogP contribution in [0.25, 0.3) is 0 Å². The van der Waals surface area contributed by atoms with Crippen molar-refractivity contribution >= 4 is 17.5 Å². The maximum Gasteiger partial charge on any atom is 0.229 e. The highest BCUT2D eigenvalue weighted by Crippen LogP contribution is 2.30. The molecule has 0 spiro atoms. The molecule has 0 radical (unpaired) electrons. The summed E-state index contributed by atoms with van der Waals surface area (Å²) >= 11 is 0. The standard InChI is InChI=1S/C27H34N2O3/c1-19(2)26(30)29(24-11-8-20(3)9-12-24)17-21-10-13-25-23(16-21)18-28(14-15-32-25)27(31)22-6-4-5-7-22/h8-13,16,19,22H,4-7,14-15,17-18H2,1-3H3. The van der Waals surface area contributed by atoms with Gasteiger partial charge in [0.1, 0.15) is 12.4 Å². The predicted molar refractivity (Wildman–Crippen MR) is 127 cm³/mol. The first-order chi connectivity index (χ1) is 15.4. The highest BCUT2D eigenvalue weighted by atomic mass is 16.5. The first kappa shape index (κ1) is 22.4. The molecule has 0 saturated heterocycles. The summed E-state index contributed by atoms with van der Waals surface area (Å²) < 4.78 is 5.96. The Morgan fingerprint density at radius 3 is 2.50 bits per heavy atom. The van der Waals surface area contributed by atoms with E-state index in [9.17, 15) is 9.59 Å². The number of rotatable bonds is 5. The summed E-state index contributed by atoms with van der Waals surface area (Å²) in [4.78, 5) is 29.8. The van der Waals surface area contributed by atoms with Crippen LogP contribution in [0.1, 0.15) is 56.2 Å². The minimum absolute atomic E-state index is 0.0954. The third-order valence-electron chi connectivity index (χ3n) is 6.57. The molecular formula is C27H34N2O3. The van der Waals surface area contributed by atoms with Crippen LogP contribution in [0.5, 0.6) is 5.75 Å². The van der Waals surface area contributed by atoms with Gasteiger partial charge in [-0.3, -0.25) is 9.59 Å². The van der Waals surface area contributed by atoms with Crippen LogP contribution in [0.2, 0.25) is 0 Å². The van der Waals surface area contributed by atoms with Gasteiger partial charge in [-0.1, -0.05) is 50.5 Å². The number of fused-ring (bicyclic) bond motifs is 1. The maximum absolute atomic E-state index is 13.0. The molecule has 0 aromatic heterocycles. The lowest BCUT2D eigenvalue weighted by molar-refractivity contribution is -0.136. The summed E-state index contributed by atoms with van der Waals surface area (Å²) in [6.07, 6.45) is 4.32. The van der Waals surface area contributed by atoms with E-state index in [0.717, 1.165) is 48.2 Å².